The zero-order chi connectivity index (χ0) is 25.0. The number of alkyl halides is 1. The molecular weight excluding hydrogens is 479 g/mol. The van der Waals surface area contributed by atoms with Crippen LogP contribution in [-0.4, -0.2) is 68.5 Å². The van der Waals surface area contributed by atoms with E-state index in [1.807, 2.05) is 6.07 Å². The largest absolute Gasteiger partial charge is 0.488 e. The third kappa shape index (κ3) is 5.78. The van der Waals surface area contributed by atoms with E-state index in [0.29, 0.717) is 46.7 Å². The van der Waals surface area contributed by atoms with E-state index in [1.54, 1.807) is 31.2 Å². The predicted molar refractivity (Wildman–Crippen MR) is 126 cm³/mol. The Bertz CT molecular complexity index is 1310. The van der Waals surface area contributed by atoms with Gasteiger partial charge in [0.25, 0.3) is 10.0 Å². The standard InChI is InChI=1S/C23H25FN4O6S/c1-14(10-24)33-18-7-15(20-4-5-21(28-20)23-27-16(12-29)13-32-23)8-19(9-18)34-17-3-6-22(26-11-17)35(30,31)25-2/h3-9,11,14,16,25,28-29H,10,12-13H2,1-2H3/t14-,16+/m0/s1. The smallest absolute Gasteiger partial charge is 0.257 e. The minimum Gasteiger partial charge on any atom is -0.488 e. The molecule has 3 heterocycles. The number of aliphatic hydroxyl groups is 1. The van der Waals surface area contributed by atoms with Gasteiger partial charge in [0.2, 0.25) is 5.90 Å². The Balaban J connectivity index is 1.63. The van der Waals surface area contributed by atoms with Crippen molar-refractivity contribution < 1.29 is 32.1 Å². The van der Waals surface area contributed by atoms with Gasteiger partial charge < -0.3 is 24.3 Å². The Hall–Kier alpha value is -3.48. The number of nitrogens with one attached hydrogen (secondary N) is 2. The van der Waals surface area contributed by atoms with Gasteiger partial charge in [-0.05, 0) is 50.4 Å². The van der Waals surface area contributed by atoms with Crippen LogP contribution in [0.5, 0.6) is 17.2 Å². The van der Waals surface area contributed by atoms with Crippen LogP contribution >= 0.6 is 0 Å². The Morgan fingerprint density at radius 2 is 1.97 bits per heavy atom. The lowest BCUT2D eigenvalue weighted by Crippen LogP contribution is -2.19. The number of nitrogens with zero attached hydrogens (tertiary/aromatic N) is 2. The summed E-state index contributed by atoms with van der Waals surface area (Å²) >= 11 is 0. The van der Waals surface area contributed by atoms with Gasteiger partial charge in [0.15, 0.2) is 5.03 Å². The first-order chi connectivity index (χ1) is 16.8. The number of aromatic nitrogens is 2. The lowest BCUT2D eigenvalue weighted by Gasteiger charge is -2.14. The molecule has 2 atom stereocenters. The summed E-state index contributed by atoms with van der Waals surface area (Å²) in [5, 5.41) is 9.13. The van der Waals surface area contributed by atoms with Gasteiger partial charge in [0, 0.05) is 17.3 Å². The van der Waals surface area contributed by atoms with Gasteiger partial charge in [-0.2, -0.15) is 0 Å². The summed E-state index contributed by atoms with van der Waals surface area (Å²) in [5.74, 6) is 1.47. The molecule has 3 N–H and O–H groups in total. The molecule has 10 nitrogen and oxygen atoms in total. The molecule has 0 spiro atoms. The summed E-state index contributed by atoms with van der Waals surface area (Å²) in [7, 11) is -2.37. The molecular formula is C23H25FN4O6S. The molecule has 35 heavy (non-hydrogen) atoms. The number of pyridine rings is 1. The molecule has 0 amide bonds. The predicted octanol–water partition coefficient (Wildman–Crippen LogP) is 2.65. The van der Waals surface area contributed by atoms with Crippen LogP contribution in [0.4, 0.5) is 4.39 Å². The molecule has 0 saturated carbocycles. The summed E-state index contributed by atoms with van der Waals surface area (Å²) < 4.78 is 56.1. The summed E-state index contributed by atoms with van der Waals surface area (Å²) in [4.78, 5) is 11.5. The second-order valence-corrected chi connectivity index (χ2v) is 9.62. The van der Waals surface area contributed by atoms with Crippen LogP contribution < -0.4 is 14.2 Å². The lowest BCUT2D eigenvalue weighted by atomic mass is 10.1. The lowest BCUT2D eigenvalue weighted by molar-refractivity contribution is 0.182. The van der Waals surface area contributed by atoms with Crippen molar-refractivity contribution in [3.8, 4) is 28.5 Å². The monoisotopic (exact) mass is 504 g/mol. The number of aliphatic imine (C=N–C) groups is 1. The van der Waals surface area contributed by atoms with Crippen molar-refractivity contribution in [1.82, 2.24) is 14.7 Å². The summed E-state index contributed by atoms with van der Waals surface area (Å²) in [6.45, 7) is 1.16. The fraction of sp³-hybridized carbons (Fsp3) is 0.304. The molecule has 4 rings (SSSR count). The van der Waals surface area contributed by atoms with Gasteiger partial charge in [-0.25, -0.2) is 27.5 Å². The van der Waals surface area contributed by atoms with Crippen LogP contribution in [0.25, 0.3) is 11.3 Å². The average molecular weight is 505 g/mol. The molecule has 12 heteroatoms. The van der Waals surface area contributed by atoms with Crippen LogP contribution in [0, 0.1) is 0 Å². The number of benzene rings is 1. The van der Waals surface area contributed by atoms with Gasteiger partial charge in [-0.1, -0.05) is 0 Å². The maximum Gasteiger partial charge on any atom is 0.257 e. The summed E-state index contributed by atoms with van der Waals surface area (Å²) in [6.07, 6.45) is 0.628. The van der Waals surface area contributed by atoms with E-state index in [9.17, 15) is 17.9 Å². The van der Waals surface area contributed by atoms with Gasteiger partial charge in [-0.15, -0.1) is 0 Å². The number of H-pyrrole nitrogens is 1. The van der Waals surface area contributed by atoms with Crippen molar-refractivity contribution in [1.29, 1.82) is 0 Å². The normalized spacial score (nSPS) is 16.5. The first kappa shape index (κ1) is 24.6. The number of aliphatic hydroxyl groups excluding tert-OH is 1. The van der Waals surface area contributed by atoms with E-state index in [1.165, 1.54) is 25.4 Å². The third-order valence-corrected chi connectivity index (χ3v) is 6.40. The summed E-state index contributed by atoms with van der Waals surface area (Å²) in [6, 6.07) is 11.2. The highest BCUT2D eigenvalue weighted by molar-refractivity contribution is 7.89. The highest BCUT2D eigenvalue weighted by atomic mass is 32.2. The Morgan fingerprint density at radius 1 is 1.20 bits per heavy atom. The van der Waals surface area contributed by atoms with E-state index in [-0.39, 0.29) is 17.7 Å². The average Bonchev–Trinajstić information content (AvgIpc) is 3.54. The fourth-order valence-corrected chi connectivity index (χ4v) is 3.94. The zero-order valence-electron chi connectivity index (χ0n) is 19.1. The second-order valence-electron chi connectivity index (χ2n) is 7.78. The Morgan fingerprint density at radius 3 is 2.63 bits per heavy atom. The number of ether oxygens (including phenoxy) is 3. The molecule has 0 fully saturated rings. The highest BCUT2D eigenvalue weighted by Crippen LogP contribution is 2.33. The molecule has 186 valence electrons. The molecule has 1 aliphatic rings. The maximum atomic E-state index is 13.1. The SMILES string of the molecule is CNS(=O)(=O)c1ccc(Oc2cc(O[C@@H](C)CF)cc(-c3ccc(C4=N[C@H](CO)CO4)[nH]3)c2)cn1. The van der Waals surface area contributed by atoms with Crippen molar-refractivity contribution in [2.24, 2.45) is 4.99 Å². The molecule has 0 unspecified atom stereocenters. The van der Waals surface area contributed by atoms with Crippen molar-refractivity contribution in [2.75, 3.05) is 26.9 Å². The topological polar surface area (TPSA) is 135 Å². The number of sulfonamides is 1. The van der Waals surface area contributed by atoms with Crippen molar-refractivity contribution in [2.45, 2.75) is 24.1 Å². The zero-order valence-corrected chi connectivity index (χ0v) is 19.9. The van der Waals surface area contributed by atoms with Crippen molar-refractivity contribution in [3.63, 3.8) is 0 Å². The fourth-order valence-electron chi connectivity index (χ4n) is 3.29. The number of hydrogen-bond donors (Lipinski definition) is 3. The van der Waals surface area contributed by atoms with Crippen LogP contribution in [0.15, 0.2) is 58.7 Å². The van der Waals surface area contributed by atoms with E-state index < -0.39 is 22.8 Å². The van der Waals surface area contributed by atoms with Crippen LogP contribution in [-0.2, 0) is 14.8 Å². The minimum absolute atomic E-state index is 0.0966. The quantitative estimate of drug-likeness (QED) is 0.386. The van der Waals surface area contributed by atoms with Crippen LogP contribution in [0.3, 0.4) is 0 Å². The molecule has 2 aromatic heterocycles. The molecule has 1 aliphatic heterocycles. The molecule has 0 saturated heterocycles. The number of rotatable bonds is 10. The third-order valence-electron chi connectivity index (χ3n) is 5.07. The maximum absolute atomic E-state index is 13.1. The second kappa shape index (κ2) is 10.4. The highest BCUT2D eigenvalue weighted by Gasteiger charge is 2.21. The number of aromatic amines is 1. The number of hydrogen-bond acceptors (Lipinski definition) is 8. The first-order valence-corrected chi connectivity index (χ1v) is 12.3. The van der Waals surface area contributed by atoms with Gasteiger partial charge in [-0.3, -0.25) is 0 Å². The van der Waals surface area contributed by atoms with Crippen LogP contribution in [0.2, 0.25) is 0 Å². The Labute approximate surface area is 201 Å². The van der Waals surface area contributed by atoms with Gasteiger partial charge in [0.05, 0.1) is 12.8 Å². The van der Waals surface area contributed by atoms with Crippen molar-refractivity contribution in [3.05, 3.63) is 54.4 Å². The van der Waals surface area contributed by atoms with Gasteiger partial charge in [0.1, 0.15) is 48.4 Å². The number of halogens is 1. The van der Waals surface area contributed by atoms with E-state index in [0.717, 1.165) is 0 Å². The van der Waals surface area contributed by atoms with Gasteiger partial charge >= 0.3 is 0 Å². The molecule has 0 radical (unpaired) electrons. The molecule has 1 aromatic carbocycles. The Kier molecular flexibility index (Phi) is 7.34. The van der Waals surface area contributed by atoms with E-state index in [2.05, 4.69) is 19.7 Å². The van der Waals surface area contributed by atoms with Crippen LogP contribution in [0.1, 0.15) is 12.6 Å². The van der Waals surface area contributed by atoms with E-state index >= 15 is 0 Å². The first-order valence-electron chi connectivity index (χ1n) is 10.8. The molecule has 3 aromatic rings. The molecule has 0 aliphatic carbocycles. The molecule has 0 bridgehead atoms. The van der Waals surface area contributed by atoms with Crippen molar-refractivity contribution >= 4 is 15.9 Å². The van der Waals surface area contributed by atoms with E-state index in [4.69, 9.17) is 14.2 Å². The minimum atomic E-state index is -3.67. The summed E-state index contributed by atoms with van der Waals surface area (Å²) in [5.41, 5.74) is 2.04.